The van der Waals surface area contributed by atoms with Crippen LogP contribution in [-0.4, -0.2) is 50.2 Å². The Morgan fingerprint density at radius 1 is 1.36 bits per heavy atom. The maximum absolute atomic E-state index is 11.6. The molecule has 0 aromatic rings. The van der Waals surface area contributed by atoms with Gasteiger partial charge in [0.1, 0.15) is 0 Å². The lowest BCUT2D eigenvalue weighted by Gasteiger charge is -2.26. The summed E-state index contributed by atoms with van der Waals surface area (Å²) in [6, 6.07) is 0. The molecular weight excluding hydrogens is 180 g/mol. The molecule has 1 aliphatic heterocycles. The summed E-state index contributed by atoms with van der Waals surface area (Å²) in [6.07, 6.45) is 1.73. The summed E-state index contributed by atoms with van der Waals surface area (Å²) in [6.45, 7) is 6.80. The van der Waals surface area contributed by atoms with Gasteiger partial charge in [-0.15, -0.1) is 0 Å². The highest BCUT2D eigenvalue weighted by atomic mass is 16.5. The predicted molar refractivity (Wildman–Crippen MR) is 55.2 cm³/mol. The highest BCUT2D eigenvalue weighted by Gasteiger charge is 2.15. The second-order valence-electron chi connectivity index (χ2n) is 3.49. The van der Waals surface area contributed by atoms with Gasteiger partial charge in [-0.1, -0.05) is 6.92 Å². The molecule has 1 N–H and O–H groups in total. The van der Waals surface area contributed by atoms with Crippen LogP contribution in [0.5, 0.6) is 0 Å². The number of carbonyl (C=O) groups is 1. The number of hydrogen-bond acceptors (Lipinski definition) is 3. The molecule has 0 aromatic carbocycles. The summed E-state index contributed by atoms with van der Waals surface area (Å²) in [5.74, 6) is 0.247. The minimum Gasteiger partial charge on any atom is -0.378 e. The van der Waals surface area contributed by atoms with Gasteiger partial charge < -0.3 is 15.0 Å². The molecule has 1 amide bonds. The zero-order valence-electron chi connectivity index (χ0n) is 8.92. The van der Waals surface area contributed by atoms with Gasteiger partial charge in [0.05, 0.1) is 13.2 Å². The minimum absolute atomic E-state index is 0.247. The summed E-state index contributed by atoms with van der Waals surface area (Å²) in [5, 5.41) is 3.23. The molecular formula is C10H20N2O2. The normalized spacial score (nSPS) is 17.1. The Kier molecular flexibility index (Phi) is 5.56. The summed E-state index contributed by atoms with van der Waals surface area (Å²) in [7, 11) is 0. The van der Waals surface area contributed by atoms with Crippen molar-refractivity contribution in [3.05, 3.63) is 0 Å². The van der Waals surface area contributed by atoms with Crippen molar-refractivity contribution in [2.24, 2.45) is 0 Å². The van der Waals surface area contributed by atoms with Gasteiger partial charge in [0, 0.05) is 26.1 Å². The average Bonchev–Trinajstić information content (AvgIpc) is 2.25. The van der Waals surface area contributed by atoms with E-state index in [0.29, 0.717) is 19.6 Å². The number of rotatable bonds is 5. The van der Waals surface area contributed by atoms with Gasteiger partial charge in [0.2, 0.25) is 5.91 Å². The first kappa shape index (κ1) is 11.5. The number of carbonyl (C=O) groups excluding carboxylic acids is 1. The molecule has 0 radical (unpaired) electrons. The van der Waals surface area contributed by atoms with Crippen LogP contribution in [0.15, 0.2) is 0 Å². The lowest BCUT2D eigenvalue weighted by atomic mass is 10.3. The summed E-state index contributed by atoms with van der Waals surface area (Å²) in [4.78, 5) is 13.5. The molecule has 82 valence electrons. The molecule has 1 rings (SSSR count). The Labute approximate surface area is 85.6 Å². The summed E-state index contributed by atoms with van der Waals surface area (Å²) >= 11 is 0. The molecule has 0 atom stereocenters. The van der Waals surface area contributed by atoms with Crippen LogP contribution in [0.25, 0.3) is 0 Å². The third kappa shape index (κ3) is 4.07. The monoisotopic (exact) mass is 200 g/mol. The van der Waals surface area contributed by atoms with Gasteiger partial charge in [-0.2, -0.15) is 0 Å². The fraction of sp³-hybridized carbons (Fsp3) is 0.900. The van der Waals surface area contributed by atoms with Crippen molar-refractivity contribution in [2.45, 2.75) is 19.8 Å². The van der Waals surface area contributed by atoms with Gasteiger partial charge in [-0.05, 0) is 13.0 Å². The lowest BCUT2D eigenvalue weighted by Crippen LogP contribution is -2.41. The van der Waals surface area contributed by atoms with E-state index < -0.39 is 0 Å². The fourth-order valence-electron chi connectivity index (χ4n) is 1.47. The fourth-order valence-corrected chi connectivity index (χ4v) is 1.47. The van der Waals surface area contributed by atoms with Crippen LogP contribution in [-0.2, 0) is 9.53 Å². The van der Waals surface area contributed by atoms with Crippen LogP contribution < -0.4 is 5.32 Å². The highest BCUT2D eigenvalue weighted by Crippen LogP contribution is 1.99. The van der Waals surface area contributed by atoms with E-state index in [4.69, 9.17) is 4.74 Å². The Morgan fingerprint density at radius 2 is 2.07 bits per heavy atom. The van der Waals surface area contributed by atoms with Crippen LogP contribution in [0.4, 0.5) is 0 Å². The maximum Gasteiger partial charge on any atom is 0.224 e. The first-order chi connectivity index (χ1) is 6.84. The minimum atomic E-state index is 0.247. The van der Waals surface area contributed by atoms with Crippen molar-refractivity contribution < 1.29 is 9.53 Å². The van der Waals surface area contributed by atoms with E-state index in [1.54, 1.807) is 0 Å². The van der Waals surface area contributed by atoms with Crippen LogP contribution in [0.1, 0.15) is 19.8 Å². The molecule has 1 saturated heterocycles. The van der Waals surface area contributed by atoms with Crippen molar-refractivity contribution in [1.82, 2.24) is 10.2 Å². The number of morpholine rings is 1. The number of ether oxygens (including phenoxy) is 1. The van der Waals surface area contributed by atoms with Crippen molar-refractivity contribution in [3.8, 4) is 0 Å². The molecule has 1 heterocycles. The SMILES string of the molecule is CCCNCCC(=O)N1CCOCC1. The Hall–Kier alpha value is -0.610. The van der Waals surface area contributed by atoms with Crippen LogP contribution in [0, 0.1) is 0 Å². The Balaban J connectivity index is 2.07. The van der Waals surface area contributed by atoms with Gasteiger partial charge in [-0.3, -0.25) is 4.79 Å². The van der Waals surface area contributed by atoms with Crippen molar-refractivity contribution >= 4 is 5.91 Å². The maximum atomic E-state index is 11.6. The standard InChI is InChI=1S/C10H20N2O2/c1-2-4-11-5-3-10(13)12-6-8-14-9-7-12/h11H,2-9H2,1H3. The van der Waals surface area contributed by atoms with E-state index in [9.17, 15) is 4.79 Å². The van der Waals surface area contributed by atoms with E-state index >= 15 is 0 Å². The van der Waals surface area contributed by atoms with Crippen LogP contribution in [0.3, 0.4) is 0 Å². The third-order valence-corrected chi connectivity index (χ3v) is 2.31. The van der Waals surface area contributed by atoms with Crippen LogP contribution >= 0.6 is 0 Å². The molecule has 0 aliphatic carbocycles. The second kappa shape index (κ2) is 6.79. The van der Waals surface area contributed by atoms with Crippen molar-refractivity contribution in [1.29, 1.82) is 0 Å². The Bertz CT molecular complexity index is 168. The molecule has 0 bridgehead atoms. The summed E-state index contributed by atoms with van der Waals surface area (Å²) < 4.78 is 5.18. The zero-order valence-corrected chi connectivity index (χ0v) is 8.92. The molecule has 14 heavy (non-hydrogen) atoms. The molecule has 0 unspecified atom stereocenters. The van der Waals surface area contributed by atoms with E-state index in [-0.39, 0.29) is 5.91 Å². The van der Waals surface area contributed by atoms with Gasteiger partial charge in [0.15, 0.2) is 0 Å². The summed E-state index contributed by atoms with van der Waals surface area (Å²) in [5.41, 5.74) is 0. The largest absolute Gasteiger partial charge is 0.378 e. The number of nitrogens with zero attached hydrogens (tertiary/aromatic N) is 1. The molecule has 0 spiro atoms. The molecule has 4 nitrogen and oxygen atoms in total. The third-order valence-electron chi connectivity index (χ3n) is 2.31. The van der Waals surface area contributed by atoms with E-state index in [1.165, 1.54) is 0 Å². The zero-order chi connectivity index (χ0) is 10.2. The number of amides is 1. The molecule has 0 saturated carbocycles. The number of hydrogen-bond donors (Lipinski definition) is 1. The van der Waals surface area contributed by atoms with Gasteiger partial charge in [-0.25, -0.2) is 0 Å². The first-order valence-electron chi connectivity index (χ1n) is 5.41. The van der Waals surface area contributed by atoms with Gasteiger partial charge in [0.25, 0.3) is 0 Å². The van der Waals surface area contributed by atoms with Crippen LogP contribution in [0.2, 0.25) is 0 Å². The quantitative estimate of drug-likeness (QED) is 0.646. The first-order valence-corrected chi connectivity index (χ1v) is 5.41. The average molecular weight is 200 g/mol. The molecule has 4 heteroatoms. The van der Waals surface area contributed by atoms with Crippen molar-refractivity contribution in [3.63, 3.8) is 0 Å². The second-order valence-corrected chi connectivity index (χ2v) is 3.49. The molecule has 0 aromatic heterocycles. The van der Waals surface area contributed by atoms with E-state index in [0.717, 1.165) is 32.6 Å². The molecule has 1 fully saturated rings. The van der Waals surface area contributed by atoms with Gasteiger partial charge >= 0.3 is 0 Å². The highest BCUT2D eigenvalue weighted by molar-refractivity contribution is 5.76. The molecule has 1 aliphatic rings. The Morgan fingerprint density at radius 3 is 2.71 bits per heavy atom. The topological polar surface area (TPSA) is 41.6 Å². The lowest BCUT2D eigenvalue weighted by molar-refractivity contribution is -0.135. The van der Waals surface area contributed by atoms with Crippen molar-refractivity contribution in [2.75, 3.05) is 39.4 Å². The van der Waals surface area contributed by atoms with E-state index in [1.807, 2.05) is 4.90 Å². The van der Waals surface area contributed by atoms with E-state index in [2.05, 4.69) is 12.2 Å². The smallest absolute Gasteiger partial charge is 0.224 e. The predicted octanol–water partition coefficient (Wildman–Crippen LogP) is 0.235. The number of nitrogens with one attached hydrogen (secondary N) is 1.